The molecule has 0 spiro atoms. The van der Waals surface area contributed by atoms with Crippen molar-refractivity contribution in [1.82, 2.24) is 9.97 Å². The summed E-state index contributed by atoms with van der Waals surface area (Å²) in [4.78, 5) is 10.7. The smallest absolute Gasteiger partial charge is 0.159 e. The molecule has 0 saturated heterocycles. The lowest BCUT2D eigenvalue weighted by atomic mass is 10.2. The first-order chi connectivity index (χ1) is 8.31. The molecule has 1 aromatic carbocycles. The van der Waals surface area contributed by atoms with E-state index in [4.69, 9.17) is 0 Å². The molecule has 0 fully saturated rings. The van der Waals surface area contributed by atoms with E-state index in [1.54, 1.807) is 12.4 Å². The fraction of sp³-hybridized carbons (Fsp3) is 0.286. The average molecular weight is 227 g/mol. The lowest BCUT2D eigenvalue weighted by molar-refractivity contribution is 0.852. The number of benzene rings is 1. The van der Waals surface area contributed by atoms with Crippen LogP contribution < -0.4 is 4.90 Å². The first-order valence-electron chi connectivity index (χ1n) is 5.90. The molecule has 17 heavy (non-hydrogen) atoms. The first kappa shape index (κ1) is 11.6. The van der Waals surface area contributed by atoms with Crippen LogP contribution in [-0.2, 0) is 0 Å². The molecule has 0 aliphatic carbocycles. The molecule has 0 atom stereocenters. The van der Waals surface area contributed by atoms with Gasteiger partial charge in [0.15, 0.2) is 5.82 Å². The van der Waals surface area contributed by atoms with Gasteiger partial charge >= 0.3 is 0 Å². The third-order valence-corrected chi connectivity index (χ3v) is 2.69. The molecule has 1 aromatic heterocycles. The van der Waals surface area contributed by atoms with E-state index in [1.165, 1.54) is 5.69 Å². The SMILES string of the molecule is CCCN(C)c1ccc(-c2ncccn2)cc1. The number of hydrogen-bond donors (Lipinski definition) is 0. The minimum atomic E-state index is 0.775. The van der Waals surface area contributed by atoms with E-state index in [2.05, 4.69) is 53.1 Å². The highest BCUT2D eigenvalue weighted by molar-refractivity contribution is 5.59. The maximum absolute atomic E-state index is 4.24. The Bertz CT molecular complexity index is 451. The molecule has 0 saturated carbocycles. The third-order valence-electron chi connectivity index (χ3n) is 2.69. The standard InChI is InChI=1S/C14H17N3/c1-3-11-17(2)13-7-5-12(6-8-13)14-15-9-4-10-16-14/h4-10H,3,11H2,1-2H3. The van der Waals surface area contributed by atoms with E-state index in [0.29, 0.717) is 0 Å². The number of aromatic nitrogens is 2. The zero-order valence-electron chi connectivity index (χ0n) is 10.3. The van der Waals surface area contributed by atoms with E-state index in [0.717, 1.165) is 24.4 Å². The normalized spacial score (nSPS) is 10.2. The Hall–Kier alpha value is -1.90. The van der Waals surface area contributed by atoms with Crippen LogP contribution in [0.5, 0.6) is 0 Å². The highest BCUT2D eigenvalue weighted by atomic mass is 15.1. The minimum Gasteiger partial charge on any atom is -0.375 e. The quantitative estimate of drug-likeness (QED) is 0.804. The zero-order chi connectivity index (χ0) is 12.1. The number of rotatable bonds is 4. The molecule has 0 amide bonds. The molecule has 0 N–H and O–H groups in total. The van der Waals surface area contributed by atoms with Crippen molar-refractivity contribution in [2.45, 2.75) is 13.3 Å². The number of hydrogen-bond acceptors (Lipinski definition) is 3. The Morgan fingerprint density at radius 2 is 1.71 bits per heavy atom. The van der Waals surface area contributed by atoms with E-state index in [-0.39, 0.29) is 0 Å². The fourth-order valence-electron chi connectivity index (χ4n) is 1.78. The monoisotopic (exact) mass is 227 g/mol. The van der Waals surface area contributed by atoms with Gasteiger partial charge in [0.25, 0.3) is 0 Å². The summed E-state index contributed by atoms with van der Waals surface area (Å²) in [5.41, 5.74) is 2.28. The minimum absolute atomic E-state index is 0.775. The molecule has 2 aromatic rings. The van der Waals surface area contributed by atoms with Crippen molar-refractivity contribution >= 4 is 5.69 Å². The summed E-state index contributed by atoms with van der Waals surface area (Å²) in [5, 5.41) is 0. The van der Waals surface area contributed by atoms with E-state index in [1.807, 2.05) is 6.07 Å². The van der Waals surface area contributed by atoms with Crippen LogP contribution in [0.1, 0.15) is 13.3 Å². The summed E-state index contributed by atoms with van der Waals surface area (Å²) >= 11 is 0. The van der Waals surface area contributed by atoms with Gasteiger partial charge in [0.2, 0.25) is 0 Å². The van der Waals surface area contributed by atoms with Gasteiger partial charge in [0.1, 0.15) is 0 Å². The summed E-state index contributed by atoms with van der Waals surface area (Å²) in [7, 11) is 2.11. The Balaban J connectivity index is 2.19. The van der Waals surface area contributed by atoms with Crippen molar-refractivity contribution in [3.8, 4) is 11.4 Å². The molecule has 3 nitrogen and oxygen atoms in total. The molecule has 0 bridgehead atoms. The van der Waals surface area contributed by atoms with Crippen LogP contribution in [0.25, 0.3) is 11.4 Å². The average Bonchev–Trinajstić information content (AvgIpc) is 2.40. The topological polar surface area (TPSA) is 29.0 Å². The Labute approximate surface area is 102 Å². The van der Waals surface area contributed by atoms with Gasteiger partial charge in [0, 0.05) is 37.2 Å². The predicted molar refractivity (Wildman–Crippen MR) is 71.0 cm³/mol. The molecule has 88 valence electrons. The van der Waals surface area contributed by atoms with E-state index >= 15 is 0 Å². The lowest BCUT2D eigenvalue weighted by Crippen LogP contribution is -2.17. The van der Waals surface area contributed by atoms with E-state index in [9.17, 15) is 0 Å². The summed E-state index contributed by atoms with van der Waals surface area (Å²) in [6.45, 7) is 3.25. The summed E-state index contributed by atoms with van der Waals surface area (Å²) in [5.74, 6) is 0.775. The lowest BCUT2D eigenvalue weighted by Gasteiger charge is -2.18. The summed E-state index contributed by atoms with van der Waals surface area (Å²) in [6, 6.07) is 10.2. The van der Waals surface area contributed by atoms with Crippen molar-refractivity contribution in [1.29, 1.82) is 0 Å². The Morgan fingerprint density at radius 3 is 2.29 bits per heavy atom. The maximum Gasteiger partial charge on any atom is 0.159 e. The third kappa shape index (κ3) is 2.81. The van der Waals surface area contributed by atoms with Gasteiger partial charge in [0.05, 0.1) is 0 Å². The van der Waals surface area contributed by atoms with Crippen molar-refractivity contribution in [3.05, 3.63) is 42.7 Å². The second kappa shape index (κ2) is 5.43. The van der Waals surface area contributed by atoms with E-state index < -0.39 is 0 Å². The Morgan fingerprint density at radius 1 is 1.06 bits per heavy atom. The molecular weight excluding hydrogens is 210 g/mol. The maximum atomic E-state index is 4.24. The Kier molecular flexibility index (Phi) is 3.70. The van der Waals surface area contributed by atoms with Crippen LogP contribution in [0.3, 0.4) is 0 Å². The second-order valence-corrected chi connectivity index (χ2v) is 4.04. The van der Waals surface area contributed by atoms with Gasteiger partial charge < -0.3 is 4.90 Å². The largest absolute Gasteiger partial charge is 0.375 e. The van der Waals surface area contributed by atoms with Crippen molar-refractivity contribution in [2.75, 3.05) is 18.5 Å². The zero-order valence-corrected chi connectivity index (χ0v) is 10.3. The van der Waals surface area contributed by atoms with Crippen LogP contribution in [0, 0.1) is 0 Å². The van der Waals surface area contributed by atoms with Gasteiger partial charge in [-0.3, -0.25) is 0 Å². The molecule has 2 rings (SSSR count). The van der Waals surface area contributed by atoms with Gasteiger partial charge in [-0.05, 0) is 36.8 Å². The second-order valence-electron chi connectivity index (χ2n) is 4.04. The molecule has 0 aliphatic rings. The van der Waals surface area contributed by atoms with Crippen LogP contribution in [0.2, 0.25) is 0 Å². The van der Waals surface area contributed by atoms with Crippen molar-refractivity contribution in [2.24, 2.45) is 0 Å². The highest BCUT2D eigenvalue weighted by Gasteiger charge is 2.02. The predicted octanol–water partition coefficient (Wildman–Crippen LogP) is 2.99. The van der Waals surface area contributed by atoms with Crippen LogP contribution in [0.4, 0.5) is 5.69 Å². The number of anilines is 1. The van der Waals surface area contributed by atoms with Gasteiger partial charge in [-0.2, -0.15) is 0 Å². The van der Waals surface area contributed by atoms with Gasteiger partial charge in [-0.25, -0.2) is 9.97 Å². The highest BCUT2D eigenvalue weighted by Crippen LogP contribution is 2.19. The van der Waals surface area contributed by atoms with Gasteiger partial charge in [-0.15, -0.1) is 0 Å². The van der Waals surface area contributed by atoms with Gasteiger partial charge in [-0.1, -0.05) is 6.92 Å². The van der Waals surface area contributed by atoms with Crippen LogP contribution in [0.15, 0.2) is 42.7 Å². The molecule has 0 aliphatic heterocycles. The van der Waals surface area contributed by atoms with Crippen LogP contribution in [-0.4, -0.2) is 23.6 Å². The van der Waals surface area contributed by atoms with Crippen molar-refractivity contribution in [3.63, 3.8) is 0 Å². The van der Waals surface area contributed by atoms with Crippen molar-refractivity contribution < 1.29 is 0 Å². The molecule has 0 radical (unpaired) electrons. The fourth-order valence-corrected chi connectivity index (χ4v) is 1.78. The molecular formula is C14H17N3. The molecule has 1 heterocycles. The van der Waals surface area contributed by atoms with Crippen LogP contribution >= 0.6 is 0 Å². The first-order valence-corrected chi connectivity index (χ1v) is 5.90. The summed E-state index contributed by atoms with van der Waals surface area (Å²) < 4.78 is 0. The molecule has 3 heteroatoms. The number of nitrogens with zero attached hydrogens (tertiary/aromatic N) is 3. The molecule has 0 unspecified atom stereocenters. The summed E-state index contributed by atoms with van der Waals surface area (Å²) in [6.07, 6.45) is 4.68.